The van der Waals surface area contributed by atoms with Crippen molar-refractivity contribution in [2.75, 3.05) is 14.1 Å². The van der Waals surface area contributed by atoms with Gasteiger partial charge in [0.25, 0.3) is 0 Å². The van der Waals surface area contributed by atoms with Crippen LogP contribution in [0.3, 0.4) is 0 Å². The van der Waals surface area contributed by atoms with Crippen LogP contribution in [0.25, 0.3) is 6.08 Å². The molecule has 35 heavy (non-hydrogen) atoms. The van der Waals surface area contributed by atoms with Crippen molar-refractivity contribution in [3.05, 3.63) is 114 Å². The van der Waals surface area contributed by atoms with Crippen molar-refractivity contribution in [1.29, 1.82) is 0 Å². The van der Waals surface area contributed by atoms with Crippen LogP contribution < -0.4 is 0 Å². The van der Waals surface area contributed by atoms with Gasteiger partial charge in [-0.1, -0.05) is 125 Å². The van der Waals surface area contributed by atoms with E-state index in [0.717, 1.165) is 6.42 Å². The molecule has 0 amide bonds. The zero-order valence-corrected chi connectivity index (χ0v) is 21.9. The standard InChI is InChI=1S/C13H15N3.C12H13N3.2C2H6/c1-14-16-15-12-8-3-2-5-9-13-10-6-4-7-11-13;1-13-15-14-11-7-3-6-10-12-8-4-2-5-9-12;2*1-2/h2-8,10-12H,9H2,1H3;2-11H,1H3;2*1-2H3/b5-2+,8-3+,15-12+,16-14?;7-3+,10-6+,14-11+,15-13?;;. The molecular formula is C29H40N6. The van der Waals surface area contributed by atoms with Gasteiger partial charge in [0.05, 0.1) is 26.5 Å². The van der Waals surface area contributed by atoms with Crippen LogP contribution in [-0.2, 0) is 6.42 Å². The zero-order chi connectivity index (χ0) is 26.2. The molecule has 0 saturated heterocycles. The average Bonchev–Trinajstić information content (AvgIpc) is 2.93. The van der Waals surface area contributed by atoms with Gasteiger partial charge in [0.15, 0.2) is 0 Å². The Bertz CT molecular complexity index is 922. The summed E-state index contributed by atoms with van der Waals surface area (Å²) < 4.78 is 0. The smallest absolute Gasteiger partial charge is 0.0513 e. The summed E-state index contributed by atoms with van der Waals surface area (Å²) in [6.45, 7) is 8.00. The lowest BCUT2D eigenvalue weighted by Gasteiger charge is -1.92. The summed E-state index contributed by atoms with van der Waals surface area (Å²) in [5.74, 6) is 0. The molecule has 0 saturated carbocycles. The third-order valence-corrected chi connectivity index (χ3v) is 3.45. The predicted octanol–water partition coefficient (Wildman–Crippen LogP) is 8.79. The molecule has 0 heterocycles. The van der Waals surface area contributed by atoms with Crippen molar-refractivity contribution in [2.45, 2.75) is 34.1 Å². The van der Waals surface area contributed by atoms with E-state index in [2.05, 4.69) is 49.1 Å². The van der Waals surface area contributed by atoms with E-state index in [9.17, 15) is 0 Å². The van der Waals surface area contributed by atoms with Gasteiger partial charge in [-0.3, -0.25) is 0 Å². The van der Waals surface area contributed by atoms with Crippen LogP contribution in [-0.4, -0.2) is 26.5 Å². The Kier molecular flexibility index (Phi) is 28.3. The van der Waals surface area contributed by atoms with Gasteiger partial charge in [-0.15, -0.1) is 10.2 Å². The molecule has 0 aromatic heterocycles. The van der Waals surface area contributed by atoms with Crippen molar-refractivity contribution in [2.24, 2.45) is 30.9 Å². The number of hydrogen-bond acceptors (Lipinski definition) is 4. The zero-order valence-electron chi connectivity index (χ0n) is 21.9. The second-order valence-electron chi connectivity index (χ2n) is 5.77. The molecule has 6 heteroatoms. The van der Waals surface area contributed by atoms with Crippen molar-refractivity contribution in [3.8, 4) is 0 Å². The van der Waals surface area contributed by atoms with Gasteiger partial charge in [0, 0.05) is 0 Å². The van der Waals surface area contributed by atoms with Gasteiger partial charge in [-0.25, -0.2) is 0 Å². The fourth-order valence-corrected chi connectivity index (χ4v) is 2.10. The van der Waals surface area contributed by atoms with Crippen LogP contribution in [0.2, 0.25) is 0 Å². The highest BCUT2D eigenvalue weighted by Gasteiger charge is 1.83. The van der Waals surface area contributed by atoms with Gasteiger partial charge < -0.3 is 0 Å². The molecule has 2 aromatic rings. The summed E-state index contributed by atoms with van der Waals surface area (Å²) in [4.78, 5) is 0. The summed E-state index contributed by atoms with van der Waals surface area (Å²) in [6, 6.07) is 20.4. The van der Waals surface area contributed by atoms with Crippen molar-refractivity contribution in [3.63, 3.8) is 0 Å². The minimum absolute atomic E-state index is 0.941. The monoisotopic (exact) mass is 472 g/mol. The van der Waals surface area contributed by atoms with Crippen LogP contribution in [0, 0.1) is 0 Å². The first-order chi connectivity index (χ1) is 17.4. The molecule has 0 bridgehead atoms. The van der Waals surface area contributed by atoms with Crippen LogP contribution in [0.4, 0.5) is 0 Å². The molecule has 0 unspecified atom stereocenters. The van der Waals surface area contributed by atoms with Gasteiger partial charge in [-0.05, 0) is 40.1 Å². The lowest BCUT2D eigenvalue weighted by Crippen LogP contribution is -1.77. The number of rotatable bonds is 9. The van der Waals surface area contributed by atoms with Gasteiger partial charge in [0.2, 0.25) is 0 Å². The van der Waals surface area contributed by atoms with E-state index in [4.69, 9.17) is 0 Å². The molecule has 2 rings (SSSR count). The maximum atomic E-state index is 3.66. The molecule has 186 valence electrons. The van der Waals surface area contributed by atoms with E-state index in [-0.39, 0.29) is 0 Å². The molecule has 0 radical (unpaired) electrons. The van der Waals surface area contributed by atoms with Gasteiger partial charge in [0.1, 0.15) is 0 Å². The van der Waals surface area contributed by atoms with E-state index in [1.165, 1.54) is 11.1 Å². The molecule has 0 N–H and O–H groups in total. The van der Waals surface area contributed by atoms with E-state index in [1.807, 2.05) is 113 Å². The fraction of sp³-hybridized carbons (Fsp3) is 0.241. The fourth-order valence-electron chi connectivity index (χ4n) is 2.10. The molecule has 0 aliphatic rings. The highest BCUT2D eigenvalue weighted by molar-refractivity contribution is 5.71. The molecular weight excluding hydrogens is 432 g/mol. The Labute approximate surface area is 212 Å². The van der Waals surface area contributed by atoms with Crippen molar-refractivity contribution < 1.29 is 0 Å². The highest BCUT2D eigenvalue weighted by atomic mass is 15.3. The van der Waals surface area contributed by atoms with E-state index < -0.39 is 0 Å². The SMILES string of the molecule is CC.CC.CN=N/N=C/C=C/C=C/Cc1ccccc1.CN=N/N=C/C=C/C=C/c1ccccc1. The number of hydrogen-bond donors (Lipinski definition) is 0. The number of nitrogens with zero attached hydrogens (tertiary/aromatic N) is 6. The second-order valence-corrected chi connectivity index (χ2v) is 5.77. The predicted molar refractivity (Wildman–Crippen MR) is 154 cm³/mol. The lowest BCUT2D eigenvalue weighted by molar-refractivity contribution is 1.03. The Hall–Kier alpha value is -4.06. The third-order valence-electron chi connectivity index (χ3n) is 3.45. The Balaban J connectivity index is 0. The normalized spacial score (nSPS) is 11.5. The summed E-state index contributed by atoms with van der Waals surface area (Å²) in [6.07, 6.45) is 19.6. The Morgan fingerprint density at radius 3 is 1.57 bits per heavy atom. The minimum Gasteiger partial charge on any atom is -0.172 e. The second kappa shape index (κ2) is 29.9. The topological polar surface area (TPSA) is 74.2 Å². The lowest BCUT2D eigenvalue weighted by atomic mass is 10.1. The van der Waals surface area contributed by atoms with Crippen LogP contribution in [0.5, 0.6) is 0 Å². The number of benzene rings is 2. The van der Waals surface area contributed by atoms with E-state index >= 15 is 0 Å². The Morgan fingerprint density at radius 2 is 1.06 bits per heavy atom. The average molecular weight is 473 g/mol. The van der Waals surface area contributed by atoms with Crippen molar-refractivity contribution in [1.82, 2.24) is 0 Å². The maximum absolute atomic E-state index is 3.66. The maximum Gasteiger partial charge on any atom is 0.0513 e. The van der Waals surface area contributed by atoms with Crippen LogP contribution in [0.15, 0.2) is 134 Å². The number of allylic oxidation sites excluding steroid dienone is 7. The molecule has 0 spiro atoms. The van der Waals surface area contributed by atoms with E-state index in [0.29, 0.717) is 0 Å². The first-order valence-corrected chi connectivity index (χ1v) is 11.7. The molecule has 0 atom stereocenters. The van der Waals surface area contributed by atoms with Crippen molar-refractivity contribution >= 4 is 18.5 Å². The largest absolute Gasteiger partial charge is 0.172 e. The van der Waals surface area contributed by atoms with Gasteiger partial charge >= 0.3 is 0 Å². The highest BCUT2D eigenvalue weighted by Crippen LogP contribution is 2.01. The molecule has 0 fully saturated rings. The summed E-state index contributed by atoms with van der Waals surface area (Å²) in [7, 11) is 3.16. The molecule has 6 nitrogen and oxygen atoms in total. The Morgan fingerprint density at radius 1 is 0.571 bits per heavy atom. The van der Waals surface area contributed by atoms with Crippen LogP contribution in [0.1, 0.15) is 38.8 Å². The quantitative estimate of drug-likeness (QED) is 0.151. The molecule has 0 aliphatic carbocycles. The summed E-state index contributed by atoms with van der Waals surface area (Å²) in [5.41, 5.74) is 2.48. The summed E-state index contributed by atoms with van der Waals surface area (Å²) in [5, 5.41) is 21.2. The molecule has 0 aliphatic heterocycles. The third kappa shape index (κ3) is 24.4. The van der Waals surface area contributed by atoms with E-state index in [1.54, 1.807) is 32.6 Å². The first kappa shape index (κ1) is 33.1. The van der Waals surface area contributed by atoms with Gasteiger partial charge in [-0.2, -0.15) is 10.2 Å². The molecule has 2 aromatic carbocycles. The minimum atomic E-state index is 0.941. The first-order valence-electron chi connectivity index (χ1n) is 11.7. The van der Waals surface area contributed by atoms with Crippen LogP contribution >= 0.6 is 0 Å². The summed E-state index contributed by atoms with van der Waals surface area (Å²) >= 11 is 0.